The van der Waals surface area contributed by atoms with Crippen molar-refractivity contribution in [1.29, 1.82) is 0 Å². The van der Waals surface area contributed by atoms with Crippen LogP contribution in [0.25, 0.3) is 0 Å². The molecule has 1 aromatic rings. The molecule has 0 N–H and O–H groups in total. The van der Waals surface area contributed by atoms with Crippen molar-refractivity contribution in [3.05, 3.63) is 10.9 Å². The molecule has 0 amide bonds. The number of likely N-dealkylation sites (N-methyl/N-ethyl adjacent to an activating group) is 1. The summed E-state index contributed by atoms with van der Waals surface area (Å²) in [4.78, 5) is 8.62. The van der Waals surface area contributed by atoms with Gasteiger partial charge in [0.2, 0.25) is 0 Å². The van der Waals surface area contributed by atoms with Crippen molar-refractivity contribution in [1.82, 2.24) is 9.88 Å². The zero-order valence-corrected chi connectivity index (χ0v) is 9.12. The molecule has 5 heteroatoms. The van der Waals surface area contributed by atoms with E-state index in [1.54, 1.807) is 6.20 Å². The van der Waals surface area contributed by atoms with Crippen molar-refractivity contribution in [3.8, 4) is 0 Å². The van der Waals surface area contributed by atoms with E-state index in [4.69, 9.17) is 4.42 Å². The maximum absolute atomic E-state index is 5.37. The quantitative estimate of drug-likeness (QED) is 0.745. The molecule has 72 valence electrons. The van der Waals surface area contributed by atoms with Gasteiger partial charge >= 0.3 is 0 Å². The maximum Gasteiger partial charge on any atom is 0.298 e. The van der Waals surface area contributed by atoms with E-state index in [0.717, 1.165) is 32.2 Å². The van der Waals surface area contributed by atoms with Crippen LogP contribution in [0.1, 0.15) is 0 Å². The largest absolute Gasteiger partial charge is 0.416 e. The van der Waals surface area contributed by atoms with Crippen LogP contribution in [0.15, 0.2) is 15.3 Å². The van der Waals surface area contributed by atoms with Crippen LogP contribution >= 0.6 is 15.9 Å². The normalized spacial score (nSPS) is 19.4. The van der Waals surface area contributed by atoms with E-state index in [2.05, 4.69) is 37.8 Å². The van der Waals surface area contributed by atoms with Gasteiger partial charge in [0, 0.05) is 26.2 Å². The smallest absolute Gasteiger partial charge is 0.298 e. The van der Waals surface area contributed by atoms with E-state index in [9.17, 15) is 0 Å². The van der Waals surface area contributed by atoms with Crippen LogP contribution in [0.5, 0.6) is 0 Å². The molecular formula is C8H12BrN3O. The van der Waals surface area contributed by atoms with Crippen molar-refractivity contribution in [2.75, 3.05) is 38.1 Å². The summed E-state index contributed by atoms with van der Waals surface area (Å²) in [6, 6.07) is 0.722. The highest BCUT2D eigenvalue weighted by atomic mass is 79.9. The summed E-state index contributed by atoms with van der Waals surface area (Å²) in [6.07, 6.45) is 1.69. The number of hydrogen-bond donors (Lipinski definition) is 0. The van der Waals surface area contributed by atoms with Crippen LogP contribution in [0.3, 0.4) is 0 Å². The van der Waals surface area contributed by atoms with E-state index in [0.29, 0.717) is 4.67 Å². The Morgan fingerprint density at radius 2 is 2.08 bits per heavy atom. The minimum absolute atomic E-state index is 0.696. The Morgan fingerprint density at radius 1 is 1.38 bits per heavy atom. The zero-order valence-electron chi connectivity index (χ0n) is 7.53. The molecule has 4 nitrogen and oxygen atoms in total. The Hall–Kier alpha value is -0.550. The Kier molecular flexibility index (Phi) is 2.55. The average Bonchev–Trinajstić information content (AvgIpc) is 2.53. The van der Waals surface area contributed by atoms with Crippen molar-refractivity contribution in [2.24, 2.45) is 0 Å². The Labute approximate surface area is 85.7 Å². The van der Waals surface area contributed by atoms with Gasteiger partial charge in [-0.3, -0.25) is 0 Å². The first-order valence-electron chi connectivity index (χ1n) is 4.30. The van der Waals surface area contributed by atoms with Crippen LogP contribution in [0, 0.1) is 0 Å². The molecule has 0 unspecified atom stereocenters. The predicted molar refractivity (Wildman–Crippen MR) is 53.9 cm³/mol. The summed E-state index contributed by atoms with van der Waals surface area (Å²) in [7, 11) is 2.13. The molecule has 0 aliphatic carbocycles. The standard InChI is InChI=1S/C8H12BrN3O/c1-11-2-4-12(5-3-11)8-10-6-7(9)13-8/h6H,2-5H2,1H3. The second kappa shape index (κ2) is 3.67. The lowest BCUT2D eigenvalue weighted by molar-refractivity contribution is 0.304. The highest BCUT2D eigenvalue weighted by Crippen LogP contribution is 2.19. The van der Waals surface area contributed by atoms with Gasteiger partial charge in [0.05, 0.1) is 6.20 Å². The Balaban J connectivity index is 2.02. The van der Waals surface area contributed by atoms with Crippen LogP contribution in [-0.2, 0) is 0 Å². The molecule has 0 atom stereocenters. The first-order chi connectivity index (χ1) is 6.25. The summed E-state index contributed by atoms with van der Waals surface area (Å²) >= 11 is 3.24. The van der Waals surface area contributed by atoms with Crippen LogP contribution in [0.2, 0.25) is 0 Å². The van der Waals surface area contributed by atoms with Crippen LogP contribution in [-0.4, -0.2) is 43.1 Å². The molecule has 0 radical (unpaired) electrons. The average molecular weight is 246 g/mol. The van der Waals surface area contributed by atoms with E-state index in [1.165, 1.54) is 0 Å². The van der Waals surface area contributed by atoms with Gasteiger partial charge in [-0.25, -0.2) is 4.98 Å². The molecule has 1 aromatic heterocycles. The lowest BCUT2D eigenvalue weighted by Gasteiger charge is -2.31. The molecule has 0 spiro atoms. The van der Waals surface area contributed by atoms with E-state index in [-0.39, 0.29) is 0 Å². The molecular weight excluding hydrogens is 234 g/mol. The van der Waals surface area contributed by atoms with Crippen molar-refractivity contribution < 1.29 is 4.42 Å². The second-order valence-electron chi connectivity index (χ2n) is 3.24. The number of oxazole rings is 1. The summed E-state index contributed by atoms with van der Waals surface area (Å²) < 4.78 is 6.07. The molecule has 0 aromatic carbocycles. The summed E-state index contributed by atoms with van der Waals surface area (Å²) in [6.45, 7) is 4.12. The summed E-state index contributed by atoms with van der Waals surface area (Å²) in [5.41, 5.74) is 0. The van der Waals surface area contributed by atoms with Crippen molar-refractivity contribution >= 4 is 21.9 Å². The van der Waals surface area contributed by atoms with E-state index < -0.39 is 0 Å². The zero-order chi connectivity index (χ0) is 9.26. The third-order valence-corrected chi connectivity index (χ3v) is 2.61. The fourth-order valence-electron chi connectivity index (χ4n) is 1.39. The molecule has 1 saturated heterocycles. The fraction of sp³-hybridized carbons (Fsp3) is 0.625. The maximum atomic E-state index is 5.37. The topological polar surface area (TPSA) is 32.5 Å². The Bertz CT molecular complexity index is 281. The summed E-state index contributed by atoms with van der Waals surface area (Å²) in [5, 5.41) is 0. The SMILES string of the molecule is CN1CCN(c2ncc(Br)o2)CC1. The molecule has 13 heavy (non-hydrogen) atoms. The van der Waals surface area contributed by atoms with Gasteiger partial charge in [0.15, 0.2) is 4.67 Å². The van der Waals surface area contributed by atoms with Crippen molar-refractivity contribution in [3.63, 3.8) is 0 Å². The van der Waals surface area contributed by atoms with Gasteiger partial charge in [0.25, 0.3) is 6.01 Å². The Morgan fingerprint density at radius 3 is 2.62 bits per heavy atom. The fourth-order valence-corrected chi connectivity index (χ4v) is 1.64. The van der Waals surface area contributed by atoms with E-state index in [1.807, 2.05) is 0 Å². The number of hydrogen-bond acceptors (Lipinski definition) is 4. The lowest BCUT2D eigenvalue weighted by atomic mass is 10.3. The lowest BCUT2D eigenvalue weighted by Crippen LogP contribution is -2.44. The number of halogens is 1. The van der Waals surface area contributed by atoms with Crippen LogP contribution in [0.4, 0.5) is 6.01 Å². The summed E-state index contributed by atoms with van der Waals surface area (Å²) in [5.74, 6) is 0. The minimum Gasteiger partial charge on any atom is -0.416 e. The van der Waals surface area contributed by atoms with Gasteiger partial charge in [0.1, 0.15) is 0 Å². The highest BCUT2D eigenvalue weighted by molar-refractivity contribution is 9.10. The van der Waals surface area contributed by atoms with E-state index >= 15 is 0 Å². The molecule has 1 fully saturated rings. The monoisotopic (exact) mass is 245 g/mol. The first kappa shape index (κ1) is 9.02. The number of piperazine rings is 1. The molecule has 1 aliphatic rings. The molecule has 2 heterocycles. The predicted octanol–water partition coefficient (Wildman–Crippen LogP) is 1.19. The van der Waals surface area contributed by atoms with Gasteiger partial charge in [-0.05, 0) is 23.0 Å². The van der Waals surface area contributed by atoms with Gasteiger partial charge in [-0.15, -0.1) is 0 Å². The van der Waals surface area contributed by atoms with Gasteiger partial charge in [-0.1, -0.05) is 0 Å². The number of rotatable bonds is 1. The third-order valence-electron chi connectivity index (χ3n) is 2.24. The molecule has 0 bridgehead atoms. The van der Waals surface area contributed by atoms with Crippen molar-refractivity contribution in [2.45, 2.75) is 0 Å². The first-order valence-corrected chi connectivity index (χ1v) is 5.10. The third kappa shape index (κ3) is 2.03. The number of anilines is 1. The minimum atomic E-state index is 0.696. The second-order valence-corrected chi connectivity index (χ2v) is 4.02. The number of nitrogens with zero attached hydrogens (tertiary/aromatic N) is 3. The van der Waals surface area contributed by atoms with Gasteiger partial charge < -0.3 is 14.2 Å². The molecule has 1 aliphatic heterocycles. The van der Waals surface area contributed by atoms with Crippen LogP contribution < -0.4 is 4.90 Å². The highest BCUT2D eigenvalue weighted by Gasteiger charge is 2.17. The molecule has 2 rings (SSSR count). The number of aromatic nitrogens is 1. The van der Waals surface area contributed by atoms with Gasteiger partial charge in [-0.2, -0.15) is 0 Å². The molecule has 0 saturated carbocycles.